The van der Waals surface area contributed by atoms with Gasteiger partial charge in [0.05, 0.1) is 16.8 Å². The summed E-state index contributed by atoms with van der Waals surface area (Å²) in [7, 11) is -0.400. The third-order valence-electron chi connectivity index (χ3n) is 4.12. The van der Waals surface area contributed by atoms with Gasteiger partial charge in [-0.05, 0) is 52.9 Å². The van der Waals surface area contributed by atoms with Crippen molar-refractivity contribution in [2.75, 3.05) is 0 Å². The molecule has 1 aliphatic carbocycles. The van der Waals surface area contributed by atoms with Crippen LogP contribution in [0.5, 0.6) is 0 Å². The van der Waals surface area contributed by atoms with Gasteiger partial charge in [-0.15, -0.1) is 0 Å². The van der Waals surface area contributed by atoms with Gasteiger partial charge in [-0.3, -0.25) is 0 Å². The molecule has 90 valence electrons. The summed E-state index contributed by atoms with van der Waals surface area (Å²) >= 11 is 0. The summed E-state index contributed by atoms with van der Waals surface area (Å²) < 4.78 is 11.9. The number of allylic oxidation sites excluding steroid dienone is 1. The molecule has 1 atom stereocenters. The Labute approximate surface area is 98.0 Å². The van der Waals surface area contributed by atoms with E-state index in [1.54, 1.807) is 0 Å². The van der Waals surface area contributed by atoms with Crippen LogP contribution in [0, 0.1) is 0 Å². The minimum absolute atomic E-state index is 0.336. The van der Waals surface area contributed by atoms with Gasteiger partial charge < -0.3 is 14.4 Å². The van der Waals surface area contributed by atoms with E-state index >= 15 is 0 Å². The van der Waals surface area contributed by atoms with Crippen molar-refractivity contribution in [3.05, 3.63) is 11.5 Å². The summed E-state index contributed by atoms with van der Waals surface area (Å²) in [6.07, 6.45) is 3.70. The SMILES string of the molecule is CC1(O)CCC=C1B1OC(C)(C)C(C)(C)O1. The zero-order valence-electron chi connectivity index (χ0n) is 10.8. The standard InChI is InChI=1S/C12H21BO3/c1-10(2)11(3,4)16-13(15-10)9-7-6-8-12(9,5)14/h7,14H,6,8H2,1-5H3. The lowest BCUT2D eigenvalue weighted by Crippen LogP contribution is -2.41. The van der Waals surface area contributed by atoms with Crippen LogP contribution in [-0.4, -0.2) is 29.0 Å². The van der Waals surface area contributed by atoms with Crippen LogP contribution in [0.25, 0.3) is 0 Å². The predicted octanol–water partition coefficient (Wildman–Crippen LogP) is 2.09. The van der Waals surface area contributed by atoms with Gasteiger partial charge in [0, 0.05) is 0 Å². The molecule has 2 rings (SSSR count). The van der Waals surface area contributed by atoms with Crippen LogP contribution in [0.4, 0.5) is 0 Å². The molecule has 0 amide bonds. The molecule has 0 radical (unpaired) electrons. The average molecular weight is 224 g/mol. The average Bonchev–Trinajstić information content (AvgIpc) is 2.50. The van der Waals surface area contributed by atoms with Crippen molar-refractivity contribution < 1.29 is 14.4 Å². The molecule has 0 aromatic carbocycles. The number of rotatable bonds is 1. The molecule has 2 aliphatic rings. The summed E-state index contributed by atoms with van der Waals surface area (Å²) in [5, 5.41) is 10.2. The van der Waals surface area contributed by atoms with E-state index in [4.69, 9.17) is 9.31 Å². The van der Waals surface area contributed by atoms with Crippen LogP contribution in [0.2, 0.25) is 0 Å². The van der Waals surface area contributed by atoms with E-state index in [1.807, 2.05) is 40.7 Å². The minimum atomic E-state index is -0.777. The third-order valence-corrected chi connectivity index (χ3v) is 4.12. The van der Waals surface area contributed by atoms with Crippen molar-refractivity contribution in [1.29, 1.82) is 0 Å². The molecular formula is C12H21BO3. The molecule has 0 aromatic heterocycles. The van der Waals surface area contributed by atoms with E-state index in [9.17, 15) is 5.11 Å². The number of hydrogen-bond acceptors (Lipinski definition) is 3. The molecule has 3 nitrogen and oxygen atoms in total. The largest absolute Gasteiger partial charge is 0.493 e. The maximum absolute atomic E-state index is 10.2. The highest BCUT2D eigenvalue weighted by atomic mass is 16.7. The fourth-order valence-electron chi connectivity index (χ4n) is 2.19. The van der Waals surface area contributed by atoms with Gasteiger partial charge in [0.15, 0.2) is 0 Å². The zero-order chi connectivity index (χ0) is 12.2. The summed E-state index contributed by atoms with van der Waals surface area (Å²) in [6.45, 7) is 9.93. The second kappa shape index (κ2) is 3.34. The Hall–Kier alpha value is -0.315. The Morgan fingerprint density at radius 2 is 1.62 bits per heavy atom. The lowest BCUT2D eigenvalue weighted by molar-refractivity contribution is 0.00578. The molecule has 0 bridgehead atoms. The zero-order valence-corrected chi connectivity index (χ0v) is 10.8. The Morgan fingerprint density at radius 1 is 1.12 bits per heavy atom. The lowest BCUT2D eigenvalue weighted by Gasteiger charge is -2.32. The molecule has 1 heterocycles. The molecule has 4 heteroatoms. The van der Waals surface area contributed by atoms with Crippen LogP contribution in [0.1, 0.15) is 47.5 Å². The highest BCUT2D eigenvalue weighted by Gasteiger charge is 2.55. The fraction of sp³-hybridized carbons (Fsp3) is 0.833. The van der Waals surface area contributed by atoms with Crippen molar-refractivity contribution in [2.45, 2.75) is 64.3 Å². The quantitative estimate of drug-likeness (QED) is 0.693. The maximum atomic E-state index is 10.2. The predicted molar refractivity (Wildman–Crippen MR) is 64.0 cm³/mol. The van der Waals surface area contributed by atoms with Crippen molar-refractivity contribution >= 4 is 7.12 Å². The Kier molecular flexibility index (Phi) is 2.54. The van der Waals surface area contributed by atoms with E-state index in [2.05, 4.69) is 0 Å². The van der Waals surface area contributed by atoms with Crippen molar-refractivity contribution in [3.63, 3.8) is 0 Å². The normalized spacial score (nSPS) is 36.6. The van der Waals surface area contributed by atoms with Gasteiger partial charge >= 0.3 is 7.12 Å². The second-order valence-corrected chi connectivity index (χ2v) is 6.06. The smallest absolute Gasteiger partial charge is 0.399 e. The van der Waals surface area contributed by atoms with E-state index in [-0.39, 0.29) is 11.2 Å². The molecule has 0 saturated carbocycles. The topological polar surface area (TPSA) is 38.7 Å². The summed E-state index contributed by atoms with van der Waals surface area (Å²) in [6, 6.07) is 0. The van der Waals surface area contributed by atoms with Gasteiger partial charge in [0.2, 0.25) is 0 Å². The summed E-state index contributed by atoms with van der Waals surface area (Å²) in [5.41, 5.74) is -0.568. The summed E-state index contributed by atoms with van der Waals surface area (Å²) in [4.78, 5) is 0. The van der Waals surface area contributed by atoms with Crippen LogP contribution < -0.4 is 0 Å². The molecule has 1 unspecified atom stereocenters. The molecule has 0 spiro atoms. The van der Waals surface area contributed by atoms with Crippen LogP contribution in [0.3, 0.4) is 0 Å². The van der Waals surface area contributed by atoms with E-state index in [0.29, 0.717) is 0 Å². The molecule has 0 aromatic rings. The monoisotopic (exact) mass is 224 g/mol. The first kappa shape index (κ1) is 12.2. The number of hydrogen-bond donors (Lipinski definition) is 1. The first-order valence-corrected chi connectivity index (χ1v) is 5.94. The lowest BCUT2D eigenvalue weighted by atomic mass is 9.71. The molecule has 1 N–H and O–H groups in total. The van der Waals surface area contributed by atoms with Gasteiger partial charge in [-0.1, -0.05) is 6.08 Å². The van der Waals surface area contributed by atoms with Crippen LogP contribution in [-0.2, 0) is 9.31 Å². The molecule has 1 fully saturated rings. The van der Waals surface area contributed by atoms with E-state index < -0.39 is 12.7 Å². The molecule has 16 heavy (non-hydrogen) atoms. The first-order valence-electron chi connectivity index (χ1n) is 5.94. The maximum Gasteiger partial charge on any atom is 0.493 e. The van der Waals surface area contributed by atoms with Crippen molar-refractivity contribution in [2.24, 2.45) is 0 Å². The molecular weight excluding hydrogens is 203 g/mol. The Balaban J connectivity index is 2.22. The van der Waals surface area contributed by atoms with Gasteiger partial charge in [0.1, 0.15) is 0 Å². The second-order valence-electron chi connectivity index (χ2n) is 6.06. The van der Waals surface area contributed by atoms with Crippen LogP contribution >= 0.6 is 0 Å². The summed E-state index contributed by atoms with van der Waals surface area (Å²) in [5.74, 6) is 0. The fourth-order valence-corrected chi connectivity index (χ4v) is 2.19. The minimum Gasteiger partial charge on any atom is -0.399 e. The Bertz CT molecular complexity index is 315. The van der Waals surface area contributed by atoms with Gasteiger partial charge in [0.25, 0.3) is 0 Å². The molecule has 1 saturated heterocycles. The van der Waals surface area contributed by atoms with E-state index in [1.165, 1.54) is 0 Å². The Morgan fingerprint density at radius 3 is 2.00 bits per heavy atom. The first-order chi connectivity index (χ1) is 7.16. The van der Waals surface area contributed by atoms with Crippen molar-refractivity contribution in [3.8, 4) is 0 Å². The third kappa shape index (κ3) is 1.73. The highest BCUT2D eigenvalue weighted by Crippen LogP contribution is 2.42. The highest BCUT2D eigenvalue weighted by molar-refractivity contribution is 6.55. The van der Waals surface area contributed by atoms with Crippen LogP contribution in [0.15, 0.2) is 11.5 Å². The molecule has 1 aliphatic heterocycles. The number of aliphatic hydroxyl groups is 1. The van der Waals surface area contributed by atoms with Crippen molar-refractivity contribution in [1.82, 2.24) is 0 Å². The van der Waals surface area contributed by atoms with Gasteiger partial charge in [-0.2, -0.15) is 0 Å². The van der Waals surface area contributed by atoms with E-state index in [0.717, 1.165) is 18.3 Å². The van der Waals surface area contributed by atoms with Gasteiger partial charge in [-0.25, -0.2) is 0 Å².